The summed E-state index contributed by atoms with van der Waals surface area (Å²) in [6.07, 6.45) is 0.600. The van der Waals surface area contributed by atoms with Crippen molar-refractivity contribution >= 4 is 0 Å². The number of hydrogen-bond acceptors (Lipinski definition) is 1. The molecule has 0 fully saturated rings. The molecule has 0 heterocycles. The van der Waals surface area contributed by atoms with E-state index in [1.807, 2.05) is 25.1 Å². The Labute approximate surface area is 74.1 Å². The number of benzene rings is 1. The van der Waals surface area contributed by atoms with E-state index in [9.17, 15) is 5.11 Å². The third-order valence-electron chi connectivity index (χ3n) is 2.32. The summed E-state index contributed by atoms with van der Waals surface area (Å²) < 4.78 is 0. The number of rotatable bonds is 3. The molecule has 1 aromatic carbocycles. The smallest absolute Gasteiger partial charge is 0.0603 e. The second-order valence-corrected chi connectivity index (χ2v) is 3.17. The van der Waals surface area contributed by atoms with E-state index in [1.165, 1.54) is 5.56 Å². The first-order valence-corrected chi connectivity index (χ1v) is 4.48. The molecule has 66 valence electrons. The number of hydrogen-bond donors (Lipinski definition) is 1. The first kappa shape index (κ1) is 9.27. The van der Waals surface area contributed by atoms with E-state index in [4.69, 9.17) is 0 Å². The average molecular weight is 164 g/mol. The van der Waals surface area contributed by atoms with Gasteiger partial charge in [0.2, 0.25) is 0 Å². The normalized spacial score (nSPS) is 15.6. The van der Waals surface area contributed by atoms with Crippen molar-refractivity contribution in [3.63, 3.8) is 0 Å². The molecule has 2 atom stereocenters. The molecule has 1 N–H and O–H groups in total. The molecular formula is C11H16O. The van der Waals surface area contributed by atoms with Gasteiger partial charge in [-0.2, -0.15) is 0 Å². The van der Waals surface area contributed by atoms with Gasteiger partial charge in [0.05, 0.1) is 6.10 Å². The lowest BCUT2D eigenvalue weighted by Crippen LogP contribution is -2.14. The maximum Gasteiger partial charge on any atom is 0.0603 e. The van der Waals surface area contributed by atoms with Crippen LogP contribution < -0.4 is 0 Å². The van der Waals surface area contributed by atoms with Gasteiger partial charge in [0.25, 0.3) is 0 Å². The summed E-state index contributed by atoms with van der Waals surface area (Å²) >= 11 is 0. The fraction of sp³-hybridized carbons (Fsp3) is 0.455. The highest BCUT2D eigenvalue weighted by Gasteiger charge is 2.12. The zero-order chi connectivity index (χ0) is 8.97. The van der Waals surface area contributed by atoms with Crippen LogP contribution in [-0.2, 0) is 0 Å². The van der Waals surface area contributed by atoms with Gasteiger partial charge >= 0.3 is 0 Å². The van der Waals surface area contributed by atoms with E-state index < -0.39 is 0 Å². The van der Waals surface area contributed by atoms with E-state index in [1.54, 1.807) is 0 Å². The van der Waals surface area contributed by atoms with Crippen molar-refractivity contribution < 1.29 is 5.11 Å². The van der Waals surface area contributed by atoms with Crippen molar-refractivity contribution in [2.45, 2.75) is 32.3 Å². The Hall–Kier alpha value is -0.820. The zero-order valence-corrected chi connectivity index (χ0v) is 7.70. The Bertz CT molecular complexity index is 218. The molecule has 1 nitrogen and oxygen atoms in total. The van der Waals surface area contributed by atoms with Crippen LogP contribution in [0, 0.1) is 0 Å². The van der Waals surface area contributed by atoms with Crippen molar-refractivity contribution in [3.8, 4) is 0 Å². The summed E-state index contributed by atoms with van der Waals surface area (Å²) in [7, 11) is 0. The molecule has 1 aromatic rings. The van der Waals surface area contributed by atoms with Gasteiger partial charge < -0.3 is 5.11 Å². The molecule has 0 aliphatic carbocycles. The third kappa shape index (κ3) is 2.08. The molecule has 1 rings (SSSR count). The Morgan fingerprint density at radius 1 is 1.25 bits per heavy atom. The Morgan fingerprint density at radius 2 is 1.83 bits per heavy atom. The third-order valence-corrected chi connectivity index (χ3v) is 2.32. The SMILES string of the molecule is CC[C@@H](O)[C@H](C)c1ccccc1. The molecule has 0 spiro atoms. The van der Waals surface area contributed by atoms with Gasteiger partial charge in [0.1, 0.15) is 0 Å². The van der Waals surface area contributed by atoms with Crippen molar-refractivity contribution in [2.75, 3.05) is 0 Å². The number of aliphatic hydroxyl groups is 1. The van der Waals surface area contributed by atoms with Crippen LogP contribution in [0.15, 0.2) is 30.3 Å². The lowest BCUT2D eigenvalue weighted by molar-refractivity contribution is 0.145. The van der Waals surface area contributed by atoms with Crippen LogP contribution in [0.4, 0.5) is 0 Å². The van der Waals surface area contributed by atoms with Crippen LogP contribution in [0.25, 0.3) is 0 Å². The molecule has 1 heteroatoms. The highest BCUT2D eigenvalue weighted by atomic mass is 16.3. The first-order valence-electron chi connectivity index (χ1n) is 4.48. The van der Waals surface area contributed by atoms with Crippen LogP contribution in [-0.4, -0.2) is 11.2 Å². The lowest BCUT2D eigenvalue weighted by Gasteiger charge is -2.17. The summed E-state index contributed by atoms with van der Waals surface area (Å²) in [5.74, 6) is 0.246. The minimum Gasteiger partial charge on any atom is -0.393 e. The Kier molecular flexibility index (Phi) is 3.30. The largest absolute Gasteiger partial charge is 0.393 e. The quantitative estimate of drug-likeness (QED) is 0.728. The first-order chi connectivity index (χ1) is 5.75. The molecule has 0 saturated heterocycles. The molecule has 0 aliphatic rings. The van der Waals surface area contributed by atoms with Crippen molar-refractivity contribution in [2.24, 2.45) is 0 Å². The lowest BCUT2D eigenvalue weighted by atomic mass is 9.94. The van der Waals surface area contributed by atoms with E-state index in [0.29, 0.717) is 0 Å². The predicted octanol–water partition coefficient (Wildman–Crippen LogP) is 2.56. The maximum absolute atomic E-state index is 9.58. The maximum atomic E-state index is 9.58. The summed E-state index contributed by atoms with van der Waals surface area (Å²) in [6, 6.07) is 10.1. The van der Waals surface area contributed by atoms with Crippen LogP contribution in [0.5, 0.6) is 0 Å². The van der Waals surface area contributed by atoms with Gasteiger partial charge in [-0.15, -0.1) is 0 Å². The molecular weight excluding hydrogens is 148 g/mol. The Balaban J connectivity index is 2.71. The number of aliphatic hydroxyl groups excluding tert-OH is 1. The van der Waals surface area contributed by atoms with Gasteiger partial charge in [0.15, 0.2) is 0 Å². The van der Waals surface area contributed by atoms with E-state index in [2.05, 4.69) is 19.1 Å². The molecule has 0 aliphatic heterocycles. The van der Waals surface area contributed by atoms with Gasteiger partial charge in [0, 0.05) is 5.92 Å². The van der Waals surface area contributed by atoms with Crippen LogP contribution in [0.1, 0.15) is 31.7 Å². The van der Waals surface area contributed by atoms with Gasteiger partial charge in [-0.3, -0.25) is 0 Å². The topological polar surface area (TPSA) is 20.2 Å². The summed E-state index contributed by atoms with van der Waals surface area (Å²) in [5, 5.41) is 9.58. The highest BCUT2D eigenvalue weighted by molar-refractivity contribution is 5.19. The molecule has 0 bridgehead atoms. The molecule has 0 saturated carbocycles. The monoisotopic (exact) mass is 164 g/mol. The highest BCUT2D eigenvalue weighted by Crippen LogP contribution is 2.20. The van der Waals surface area contributed by atoms with Crippen LogP contribution in [0.2, 0.25) is 0 Å². The van der Waals surface area contributed by atoms with Gasteiger partial charge in [-0.05, 0) is 12.0 Å². The Morgan fingerprint density at radius 3 is 2.33 bits per heavy atom. The molecule has 0 radical (unpaired) electrons. The fourth-order valence-electron chi connectivity index (χ4n) is 1.33. The molecule has 0 unspecified atom stereocenters. The van der Waals surface area contributed by atoms with E-state index >= 15 is 0 Å². The van der Waals surface area contributed by atoms with Gasteiger partial charge in [-0.25, -0.2) is 0 Å². The van der Waals surface area contributed by atoms with E-state index in [-0.39, 0.29) is 12.0 Å². The summed E-state index contributed by atoms with van der Waals surface area (Å²) in [6.45, 7) is 4.06. The second-order valence-electron chi connectivity index (χ2n) is 3.17. The van der Waals surface area contributed by atoms with E-state index in [0.717, 1.165) is 6.42 Å². The minimum atomic E-state index is -0.215. The minimum absolute atomic E-state index is 0.215. The van der Waals surface area contributed by atoms with Crippen molar-refractivity contribution in [3.05, 3.63) is 35.9 Å². The second kappa shape index (κ2) is 4.27. The van der Waals surface area contributed by atoms with Crippen LogP contribution in [0.3, 0.4) is 0 Å². The average Bonchev–Trinajstić information content (AvgIpc) is 2.17. The van der Waals surface area contributed by atoms with Crippen molar-refractivity contribution in [1.82, 2.24) is 0 Å². The molecule has 0 amide bonds. The predicted molar refractivity (Wildman–Crippen MR) is 51.2 cm³/mol. The van der Waals surface area contributed by atoms with Crippen LogP contribution >= 0.6 is 0 Å². The van der Waals surface area contributed by atoms with Crippen molar-refractivity contribution in [1.29, 1.82) is 0 Å². The summed E-state index contributed by atoms with van der Waals surface area (Å²) in [4.78, 5) is 0. The standard InChI is InChI=1S/C11H16O/c1-3-11(12)9(2)10-7-5-4-6-8-10/h4-9,11-12H,3H2,1-2H3/t9-,11-/m1/s1. The fourth-order valence-corrected chi connectivity index (χ4v) is 1.33. The van der Waals surface area contributed by atoms with Gasteiger partial charge in [-0.1, -0.05) is 44.2 Å². The molecule has 0 aromatic heterocycles. The molecule has 12 heavy (non-hydrogen) atoms. The zero-order valence-electron chi connectivity index (χ0n) is 7.70. The summed E-state index contributed by atoms with van der Waals surface area (Å²) in [5.41, 5.74) is 1.21.